The highest BCUT2D eigenvalue weighted by molar-refractivity contribution is 5.69. The number of hydrogen-bond acceptors (Lipinski definition) is 2. The molecule has 0 atom stereocenters. The number of aromatic nitrogens is 1. The molecule has 0 aromatic carbocycles. The molecule has 0 spiro atoms. The number of hydrogen-bond donors (Lipinski definition) is 2. The quantitative estimate of drug-likeness (QED) is 0.736. The maximum absolute atomic E-state index is 10.7. The Labute approximate surface area is 88.9 Å². The summed E-state index contributed by atoms with van der Waals surface area (Å²) < 4.78 is 0. The minimum absolute atomic E-state index is 0.172. The molecule has 1 heterocycles. The third-order valence-corrected chi connectivity index (χ3v) is 2.73. The fourth-order valence-corrected chi connectivity index (χ4v) is 1.79. The molecule has 15 heavy (non-hydrogen) atoms. The van der Waals surface area contributed by atoms with E-state index in [0.717, 1.165) is 25.8 Å². The highest BCUT2D eigenvalue weighted by Crippen LogP contribution is 2.26. The summed E-state index contributed by atoms with van der Waals surface area (Å²) in [7, 11) is 0. The van der Waals surface area contributed by atoms with Gasteiger partial charge in [0.05, 0.1) is 6.54 Å². The number of aromatic amines is 1. The number of nitrogens with one attached hydrogen (secondary N) is 1. The van der Waals surface area contributed by atoms with Gasteiger partial charge in [-0.1, -0.05) is 0 Å². The van der Waals surface area contributed by atoms with Crippen molar-refractivity contribution in [1.29, 1.82) is 0 Å². The van der Waals surface area contributed by atoms with Gasteiger partial charge in [0.1, 0.15) is 0 Å². The standard InChI is InChI=1S/C11H16N2O2/c14-11(15)8-13(10-3-4-10)7-5-9-2-1-6-12-9/h1-2,6,10,12H,3-5,7-8H2,(H,14,15). The first-order valence-corrected chi connectivity index (χ1v) is 5.34. The van der Waals surface area contributed by atoms with Gasteiger partial charge in [-0.2, -0.15) is 0 Å². The Bertz CT molecular complexity index is 317. The second-order valence-electron chi connectivity index (χ2n) is 4.04. The second-order valence-corrected chi connectivity index (χ2v) is 4.04. The van der Waals surface area contributed by atoms with E-state index in [1.165, 1.54) is 5.69 Å². The van der Waals surface area contributed by atoms with Crippen LogP contribution in [0.5, 0.6) is 0 Å². The van der Waals surface area contributed by atoms with E-state index in [0.29, 0.717) is 6.04 Å². The van der Waals surface area contributed by atoms with Gasteiger partial charge in [0.25, 0.3) is 0 Å². The van der Waals surface area contributed by atoms with Crippen molar-refractivity contribution < 1.29 is 9.90 Å². The third-order valence-electron chi connectivity index (χ3n) is 2.73. The van der Waals surface area contributed by atoms with Crippen LogP contribution in [0.3, 0.4) is 0 Å². The van der Waals surface area contributed by atoms with Gasteiger partial charge in [-0.3, -0.25) is 9.69 Å². The van der Waals surface area contributed by atoms with Crippen LogP contribution in [0, 0.1) is 0 Å². The molecule has 0 radical (unpaired) electrons. The van der Waals surface area contributed by atoms with Crippen molar-refractivity contribution in [2.75, 3.05) is 13.1 Å². The number of carboxylic acids is 1. The molecule has 1 aromatic heterocycles. The van der Waals surface area contributed by atoms with Gasteiger partial charge in [0, 0.05) is 30.9 Å². The van der Waals surface area contributed by atoms with E-state index >= 15 is 0 Å². The van der Waals surface area contributed by atoms with Crippen molar-refractivity contribution >= 4 is 5.97 Å². The summed E-state index contributed by atoms with van der Waals surface area (Å²) in [6, 6.07) is 4.51. The largest absolute Gasteiger partial charge is 0.480 e. The Morgan fingerprint density at radius 2 is 2.40 bits per heavy atom. The van der Waals surface area contributed by atoms with Crippen molar-refractivity contribution in [2.45, 2.75) is 25.3 Å². The number of H-pyrrole nitrogens is 1. The molecule has 82 valence electrons. The molecular formula is C11H16N2O2. The Morgan fingerprint density at radius 3 is 2.93 bits per heavy atom. The molecule has 1 aliphatic rings. The zero-order chi connectivity index (χ0) is 10.7. The van der Waals surface area contributed by atoms with Crippen LogP contribution in [-0.2, 0) is 11.2 Å². The van der Waals surface area contributed by atoms with Gasteiger partial charge in [0.15, 0.2) is 0 Å². The molecule has 0 unspecified atom stereocenters. The van der Waals surface area contributed by atoms with Gasteiger partial charge in [-0.05, 0) is 25.0 Å². The van der Waals surface area contributed by atoms with Crippen molar-refractivity contribution in [3.8, 4) is 0 Å². The number of carboxylic acid groups (broad SMARTS) is 1. The SMILES string of the molecule is O=C(O)CN(CCc1ccc[nH]1)C1CC1. The maximum Gasteiger partial charge on any atom is 0.317 e. The summed E-state index contributed by atoms with van der Waals surface area (Å²) in [6.45, 7) is 1.00. The Morgan fingerprint density at radius 1 is 1.60 bits per heavy atom. The van der Waals surface area contributed by atoms with E-state index in [1.54, 1.807) is 0 Å². The third kappa shape index (κ3) is 3.09. The molecule has 2 N–H and O–H groups in total. The first-order chi connectivity index (χ1) is 7.25. The van der Waals surface area contributed by atoms with E-state index < -0.39 is 5.97 Å². The Hall–Kier alpha value is -1.29. The Balaban J connectivity index is 1.81. The molecule has 0 bridgehead atoms. The zero-order valence-electron chi connectivity index (χ0n) is 8.65. The van der Waals surface area contributed by atoms with Gasteiger partial charge >= 0.3 is 5.97 Å². The van der Waals surface area contributed by atoms with Gasteiger partial charge in [0.2, 0.25) is 0 Å². The Kier molecular flexibility index (Phi) is 3.06. The van der Waals surface area contributed by atoms with E-state index in [-0.39, 0.29) is 6.54 Å². The smallest absolute Gasteiger partial charge is 0.317 e. The fraction of sp³-hybridized carbons (Fsp3) is 0.545. The molecule has 1 saturated carbocycles. The van der Waals surface area contributed by atoms with Crippen LogP contribution >= 0.6 is 0 Å². The first kappa shape index (κ1) is 10.2. The predicted octanol–water partition coefficient (Wildman–Crippen LogP) is 1.11. The summed E-state index contributed by atoms with van der Waals surface area (Å²) in [4.78, 5) is 15.8. The number of carbonyl (C=O) groups is 1. The van der Waals surface area contributed by atoms with Crippen LogP contribution in [0.2, 0.25) is 0 Å². The molecular weight excluding hydrogens is 192 g/mol. The predicted molar refractivity (Wildman–Crippen MR) is 56.7 cm³/mol. The lowest BCUT2D eigenvalue weighted by molar-refractivity contribution is -0.138. The van der Waals surface area contributed by atoms with E-state index in [9.17, 15) is 4.79 Å². The normalized spacial score (nSPS) is 15.8. The zero-order valence-corrected chi connectivity index (χ0v) is 8.65. The minimum atomic E-state index is -0.728. The molecule has 0 saturated heterocycles. The van der Waals surface area contributed by atoms with E-state index in [1.807, 2.05) is 18.3 Å². The fourth-order valence-electron chi connectivity index (χ4n) is 1.79. The molecule has 1 fully saturated rings. The van der Waals surface area contributed by atoms with Crippen molar-refractivity contribution in [3.63, 3.8) is 0 Å². The monoisotopic (exact) mass is 208 g/mol. The average Bonchev–Trinajstić information content (AvgIpc) is 2.90. The summed E-state index contributed by atoms with van der Waals surface area (Å²) in [5, 5.41) is 8.77. The first-order valence-electron chi connectivity index (χ1n) is 5.34. The number of nitrogens with zero attached hydrogens (tertiary/aromatic N) is 1. The van der Waals surface area contributed by atoms with Crippen LogP contribution in [0.1, 0.15) is 18.5 Å². The van der Waals surface area contributed by atoms with Gasteiger partial charge in [-0.25, -0.2) is 0 Å². The summed E-state index contributed by atoms with van der Waals surface area (Å²) in [5.74, 6) is -0.728. The van der Waals surface area contributed by atoms with Crippen LogP contribution in [-0.4, -0.2) is 40.1 Å². The highest BCUT2D eigenvalue weighted by Gasteiger charge is 2.29. The number of aliphatic carboxylic acids is 1. The van der Waals surface area contributed by atoms with Crippen molar-refractivity contribution in [3.05, 3.63) is 24.0 Å². The number of rotatable bonds is 6. The lowest BCUT2D eigenvalue weighted by Crippen LogP contribution is -2.33. The minimum Gasteiger partial charge on any atom is -0.480 e. The van der Waals surface area contributed by atoms with Crippen LogP contribution in [0.15, 0.2) is 18.3 Å². The second kappa shape index (κ2) is 4.49. The molecule has 1 aliphatic carbocycles. The molecule has 2 rings (SSSR count). The lowest BCUT2D eigenvalue weighted by Gasteiger charge is -2.18. The van der Waals surface area contributed by atoms with Crippen molar-refractivity contribution in [2.24, 2.45) is 0 Å². The van der Waals surface area contributed by atoms with Gasteiger partial charge in [-0.15, -0.1) is 0 Å². The van der Waals surface area contributed by atoms with E-state index in [4.69, 9.17) is 5.11 Å². The summed E-state index contributed by atoms with van der Waals surface area (Å²) in [5.41, 5.74) is 1.17. The van der Waals surface area contributed by atoms with Crippen LogP contribution < -0.4 is 0 Å². The molecule has 0 aliphatic heterocycles. The van der Waals surface area contributed by atoms with Crippen LogP contribution in [0.25, 0.3) is 0 Å². The lowest BCUT2D eigenvalue weighted by atomic mass is 10.3. The molecule has 4 heteroatoms. The molecule has 0 amide bonds. The maximum atomic E-state index is 10.7. The van der Waals surface area contributed by atoms with Crippen molar-refractivity contribution in [1.82, 2.24) is 9.88 Å². The van der Waals surface area contributed by atoms with Gasteiger partial charge < -0.3 is 10.1 Å². The summed E-state index contributed by atoms with van der Waals surface area (Å²) in [6.07, 6.45) is 5.10. The highest BCUT2D eigenvalue weighted by atomic mass is 16.4. The average molecular weight is 208 g/mol. The van der Waals surface area contributed by atoms with E-state index in [2.05, 4.69) is 9.88 Å². The molecule has 1 aromatic rings. The summed E-state index contributed by atoms with van der Waals surface area (Å²) >= 11 is 0. The molecule has 4 nitrogen and oxygen atoms in total. The topological polar surface area (TPSA) is 56.3 Å². The van der Waals surface area contributed by atoms with Crippen LogP contribution in [0.4, 0.5) is 0 Å².